The maximum Gasteiger partial charge on any atom is 0.219 e. The van der Waals surface area contributed by atoms with Crippen LogP contribution in [0.4, 0.5) is 4.39 Å². The Morgan fingerprint density at radius 2 is 1.77 bits per heavy atom. The van der Waals surface area contributed by atoms with Gasteiger partial charge in [-0.25, -0.2) is 0 Å². The van der Waals surface area contributed by atoms with Crippen molar-refractivity contribution in [2.45, 2.75) is 47.1 Å². The lowest BCUT2D eigenvalue weighted by atomic mass is 9.80. The first-order chi connectivity index (χ1) is 20.8. The molecule has 3 heterocycles. The van der Waals surface area contributed by atoms with Crippen LogP contribution in [0.15, 0.2) is 65.8 Å². The van der Waals surface area contributed by atoms with E-state index in [4.69, 9.17) is 9.47 Å². The molecule has 6 rings (SSSR count). The van der Waals surface area contributed by atoms with E-state index in [1.54, 1.807) is 13.8 Å². The molecule has 2 saturated heterocycles. The number of likely N-dealkylation sites (tertiary alicyclic amines) is 2. The SMILES string of the molecule is CC.CC(=O)C1=CC=C1c1ccc2c(c1)C(C)=C(C1CCN(C(C)=O)C1)C(c1ccc(OCCN3CC(CF)C3)cc1)O2. The van der Waals surface area contributed by atoms with Crippen LogP contribution < -0.4 is 9.47 Å². The van der Waals surface area contributed by atoms with Crippen LogP contribution in [-0.4, -0.2) is 67.5 Å². The average Bonchev–Trinajstić information content (AvgIpc) is 3.45. The van der Waals surface area contributed by atoms with E-state index in [0.717, 1.165) is 71.9 Å². The fourth-order valence-corrected chi connectivity index (χ4v) is 6.50. The highest BCUT2D eigenvalue weighted by Crippen LogP contribution is 2.48. The molecular weight excluding hydrogens is 543 g/mol. The zero-order chi connectivity index (χ0) is 30.7. The number of alkyl halides is 1. The number of nitrogens with zero attached hydrogens (tertiary/aromatic N) is 2. The van der Waals surface area contributed by atoms with Crippen LogP contribution in [0.2, 0.25) is 0 Å². The van der Waals surface area contributed by atoms with Gasteiger partial charge in [-0.05, 0) is 72.4 Å². The Morgan fingerprint density at radius 3 is 2.37 bits per heavy atom. The molecule has 2 fully saturated rings. The molecule has 43 heavy (non-hydrogen) atoms. The summed E-state index contributed by atoms with van der Waals surface area (Å²) in [7, 11) is 0. The van der Waals surface area contributed by atoms with Gasteiger partial charge in [0, 0.05) is 62.6 Å². The standard InChI is InChI=1S/C34H37FN2O4.C2H6/c1-21-31-16-26(30-10-9-29(30)22(2)38)6-11-32(31)41-34(33(21)27-12-13-37(20-27)23(3)39)25-4-7-28(8-5-25)40-15-14-36-18-24(17-35)19-36;1-2/h4-11,16,24,27,34H,12-15,17-20H2,1-3H3;1-2H3. The number of carbonyl (C=O) groups is 2. The number of carbonyl (C=O) groups excluding carboxylic acids is 2. The number of Topliss-reactive ketones (excluding diaryl/α,β-unsaturated/α-hetero) is 1. The van der Waals surface area contributed by atoms with Crippen molar-refractivity contribution < 1.29 is 23.5 Å². The number of hydrogen-bond acceptors (Lipinski definition) is 5. The van der Waals surface area contributed by atoms with E-state index in [1.165, 1.54) is 11.1 Å². The number of allylic oxidation sites excluding steroid dienone is 5. The summed E-state index contributed by atoms with van der Waals surface area (Å²) >= 11 is 0. The van der Waals surface area contributed by atoms with E-state index < -0.39 is 0 Å². The molecule has 228 valence electrons. The number of benzene rings is 2. The van der Waals surface area contributed by atoms with Crippen LogP contribution in [0, 0.1) is 11.8 Å². The van der Waals surface area contributed by atoms with E-state index >= 15 is 0 Å². The summed E-state index contributed by atoms with van der Waals surface area (Å²) in [4.78, 5) is 28.3. The fourth-order valence-electron chi connectivity index (χ4n) is 6.50. The summed E-state index contributed by atoms with van der Waals surface area (Å²) in [6.45, 7) is 13.5. The monoisotopic (exact) mass is 586 g/mol. The highest BCUT2D eigenvalue weighted by molar-refractivity contribution is 6.13. The fraction of sp³-hybridized carbons (Fsp3) is 0.444. The van der Waals surface area contributed by atoms with Gasteiger partial charge in [0.1, 0.15) is 24.2 Å². The van der Waals surface area contributed by atoms with Crippen molar-refractivity contribution in [2.75, 3.05) is 46.0 Å². The molecule has 2 unspecified atom stereocenters. The Labute approximate surface area is 254 Å². The molecule has 0 N–H and O–H groups in total. The lowest BCUT2D eigenvalue weighted by Gasteiger charge is -2.37. The van der Waals surface area contributed by atoms with Crippen LogP contribution in [-0.2, 0) is 9.59 Å². The molecule has 7 heteroatoms. The minimum atomic E-state index is -0.270. The van der Waals surface area contributed by atoms with Crippen LogP contribution >= 0.6 is 0 Å². The number of amides is 1. The number of hydrogen-bond donors (Lipinski definition) is 0. The molecule has 0 aromatic heterocycles. The van der Waals surface area contributed by atoms with E-state index in [1.807, 2.05) is 55.2 Å². The van der Waals surface area contributed by atoms with Gasteiger partial charge < -0.3 is 14.4 Å². The zero-order valence-corrected chi connectivity index (χ0v) is 26.0. The molecule has 1 aliphatic carbocycles. The molecule has 2 aromatic carbocycles. The molecule has 0 radical (unpaired) electrons. The summed E-state index contributed by atoms with van der Waals surface area (Å²) in [5, 5.41) is 0. The minimum Gasteiger partial charge on any atom is -0.492 e. The lowest BCUT2D eigenvalue weighted by molar-refractivity contribution is -0.127. The topological polar surface area (TPSA) is 59.1 Å². The molecule has 1 amide bonds. The van der Waals surface area contributed by atoms with E-state index in [9.17, 15) is 14.0 Å². The van der Waals surface area contributed by atoms with Gasteiger partial charge in [-0.2, -0.15) is 0 Å². The van der Waals surface area contributed by atoms with Crippen molar-refractivity contribution >= 4 is 22.8 Å². The van der Waals surface area contributed by atoms with Crippen LogP contribution in [0.3, 0.4) is 0 Å². The maximum absolute atomic E-state index is 12.7. The van der Waals surface area contributed by atoms with Gasteiger partial charge in [0.2, 0.25) is 5.91 Å². The number of ether oxygens (including phenoxy) is 2. The Hall–Kier alpha value is -3.71. The average molecular weight is 587 g/mol. The molecule has 6 nitrogen and oxygen atoms in total. The van der Waals surface area contributed by atoms with Crippen LogP contribution in [0.25, 0.3) is 11.1 Å². The third kappa shape index (κ3) is 6.32. The summed E-state index contributed by atoms with van der Waals surface area (Å²) in [6.07, 6.45) is 4.48. The van der Waals surface area contributed by atoms with Gasteiger partial charge in [0.05, 0.1) is 6.67 Å². The van der Waals surface area contributed by atoms with E-state index in [2.05, 4.69) is 30.0 Å². The Bertz CT molecular complexity index is 1450. The quantitative estimate of drug-likeness (QED) is 0.328. The molecule has 4 aliphatic rings. The number of ketones is 1. The van der Waals surface area contributed by atoms with Gasteiger partial charge in [0.25, 0.3) is 0 Å². The molecule has 0 bridgehead atoms. The third-order valence-electron chi connectivity index (χ3n) is 8.92. The van der Waals surface area contributed by atoms with Crippen molar-refractivity contribution in [1.29, 1.82) is 0 Å². The highest BCUT2D eigenvalue weighted by atomic mass is 19.1. The number of fused-ring (bicyclic) bond motifs is 1. The summed E-state index contributed by atoms with van der Waals surface area (Å²) in [5.41, 5.74) is 7.18. The van der Waals surface area contributed by atoms with Crippen LogP contribution in [0.5, 0.6) is 11.5 Å². The zero-order valence-electron chi connectivity index (χ0n) is 26.0. The molecule has 2 aromatic rings. The van der Waals surface area contributed by atoms with Gasteiger partial charge in [-0.3, -0.25) is 18.9 Å². The Kier molecular flexibility index (Phi) is 9.50. The normalized spacial score (nSPS) is 21.4. The molecule has 0 saturated carbocycles. The van der Waals surface area contributed by atoms with Crippen LogP contribution in [0.1, 0.15) is 63.8 Å². The van der Waals surface area contributed by atoms with E-state index in [0.29, 0.717) is 13.2 Å². The molecule has 3 aliphatic heterocycles. The molecular formula is C36H43FN2O4. The lowest BCUT2D eigenvalue weighted by Crippen LogP contribution is -2.49. The second kappa shape index (κ2) is 13.3. The van der Waals surface area contributed by atoms with E-state index in [-0.39, 0.29) is 36.3 Å². The first kappa shape index (κ1) is 30.7. The van der Waals surface area contributed by atoms with Crippen molar-refractivity contribution in [3.05, 3.63) is 82.5 Å². The summed E-state index contributed by atoms with van der Waals surface area (Å²) < 4.78 is 25.4. The maximum atomic E-state index is 12.7. The molecule has 0 spiro atoms. The van der Waals surface area contributed by atoms with Crippen molar-refractivity contribution in [3.63, 3.8) is 0 Å². The number of rotatable bonds is 9. The second-order valence-electron chi connectivity index (χ2n) is 11.7. The third-order valence-corrected chi connectivity index (χ3v) is 8.92. The second-order valence-corrected chi connectivity index (χ2v) is 11.7. The van der Waals surface area contributed by atoms with Gasteiger partial charge >= 0.3 is 0 Å². The first-order valence-electron chi connectivity index (χ1n) is 15.5. The minimum absolute atomic E-state index is 0.0678. The first-order valence-corrected chi connectivity index (χ1v) is 15.5. The Balaban J connectivity index is 0.00000180. The van der Waals surface area contributed by atoms with Gasteiger partial charge in [-0.1, -0.05) is 44.2 Å². The predicted octanol–water partition coefficient (Wildman–Crippen LogP) is 6.68. The van der Waals surface area contributed by atoms with Crippen molar-refractivity contribution in [3.8, 4) is 11.5 Å². The highest BCUT2D eigenvalue weighted by Gasteiger charge is 2.37. The van der Waals surface area contributed by atoms with Gasteiger partial charge in [0.15, 0.2) is 5.78 Å². The summed E-state index contributed by atoms with van der Waals surface area (Å²) in [6, 6.07) is 14.3. The number of halogens is 1. The smallest absolute Gasteiger partial charge is 0.219 e. The van der Waals surface area contributed by atoms with Crippen molar-refractivity contribution in [2.24, 2.45) is 11.8 Å². The summed E-state index contributed by atoms with van der Waals surface area (Å²) in [5.74, 6) is 2.15. The van der Waals surface area contributed by atoms with Gasteiger partial charge in [-0.15, -0.1) is 0 Å². The molecule has 2 atom stereocenters. The largest absolute Gasteiger partial charge is 0.492 e. The van der Waals surface area contributed by atoms with Crippen molar-refractivity contribution in [1.82, 2.24) is 9.80 Å². The Morgan fingerprint density at radius 1 is 1.02 bits per heavy atom. The predicted molar refractivity (Wildman–Crippen MR) is 169 cm³/mol.